The molecule has 2 N–H and O–H groups in total. The van der Waals surface area contributed by atoms with Gasteiger partial charge in [-0.1, -0.05) is 26.0 Å². The quantitative estimate of drug-likeness (QED) is 0.317. The highest BCUT2D eigenvalue weighted by atomic mass is 127. The lowest BCUT2D eigenvalue weighted by Gasteiger charge is -2.22. The van der Waals surface area contributed by atoms with Crippen LogP contribution < -0.4 is 15.4 Å². The van der Waals surface area contributed by atoms with Crippen LogP contribution in [0.25, 0.3) is 0 Å². The molecule has 1 heterocycles. The van der Waals surface area contributed by atoms with Crippen LogP contribution in [0.5, 0.6) is 5.75 Å². The summed E-state index contributed by atoms with van der Waals surface area (Å²) in [6.45, 7) is 6.83. The number of halogens is 4. The van der Waals surface area contributed by atoms with E-state index in [4.69, 9.17) is 4.74 Å². The van der Waals surface area contributed by atoms with Crippen molar-refractivity contribution in [2.24, 2.45) is 10.9 Å². The summed E-state index contributed by atoms with van der Waals surface area (Å²) in [4.78, 5) is 5.63. The Balaban J connectivity index is 0.00000420. The van der Waals surface area contributed by atoms with E-state index < -0.39 is 12.7 Å². The van der Waals surface area contributed by atoms with E-state index in [2.05, 4.69) is 29.5 Å². The molecule has 2 atom stereocenters. The molecule has 0 aliphatic carbocycles. The highest BCUT2D eigenvalue weighted by molar-refractivity contribution is 14.0. The summed E-state index contributed by atoms with van der Waals surface area (Å²) in [5.41, 5.74) is 1.07. The van der Waals surface area contributed by atoms with Crippen molar-refractivity contribution in [3.8, 4) is 5.75 Å². The lowest BCUT2D eigenvalue weighted by molar-refractivity contribution is -0.143. The molecule has 0 radical (unpaired) electrons. The maximum atomic E-state index is 12.5. The van der Waals surface area contributed by atoms with E-state index in [1.807, 2.05) is 31.2 Å². The SMILES string of the molecule is CN=C(NC1CCN(CC(F)(F)F)C1)NC(C)c1ccc(OCC(C)C)cc1.I. The number of benzene rings is 1. The average Bonchev–Trinajstić information content (AvgIpc) is 3.04. The van der Waals surface area contributed by atoms with Crippen molar-refractivity contribution in [3.63, 3.8) is 0 Å². The predicted octanol–water partition coefficient (Wildman–Crippen LogP) is 4.20. The molecule has 1 aromatic rings. The third-order valence-electron chi connectivity index (χ3n) is 4.56. The van der Waals surface area contributed by atoms with Gasteiger partial charge in [0.1, 0.15) is 5.75 Å². The van der Waals surface area contributed by atoms with E-state index in [9.17, 15) is 13.2 Å². The zero-order chi connectivity index (χ0) is 20.7. The largest absolute Gasteiger partial charge is 0.493 e. The molecule has 29 heavy (non-hydrogen) atoms. The van der Waals surface area contributed by atoms with Crippen LogP contribution in [0.3, 0.4) is 0 Å². The number of hydrogen-bond donors (Lipinski definition) is 2. The second kappa shape index (κ2) is 11.8. The van der Waals surface area contributed by atoms with Crippen molar-refractivity contribution in [3.05, 3.63) is 29.8 Å². The molecular weight excluding hydrogens is 496 g/mol. The van der Waals surface area contributed by atoms with Gasteiger partial charge >= 0.3 is 6.18 Å². The highest BCUT2D eigenvalue weighted by Crippen LogP contribution is 2.21. The molecule has 0 aromatic heterocycles. The molecule has 1 fully saturated rings. The smallest absolute Gasteiger partial charge is 0.401 e. The summed E-state index contributed by atoms with van der Waals surface area (Å²) in [6, 6.07) is 7.84. The monoisotopic (exact) mass is 528 g/mol. The van der Waals surface area contributed by atoms with Crippen molar-refractivity contribution in [2.75, 3.05) is 33.3 Å². The Morgan fingerprint density at radius 1 is 1.24 bits per heavy atom. The fourth-order valence-corrected chi connectivity index (χ4v) is 3.12. The maximum absolute atomic E-state index is 12.5. The third kappa shape index (κ3) is 9.41. The van der Waals surface area contributed by atoms with E-state index in [0.717, 1.165) is 11.3 Å². The third-order valence-corrected chi connectivity index (χ3v) is 4.56. The van der Waals surface area contributed by atoms with Crippen LogP contribution in [0.2, 0.25) is 0 Å². The first-order valence-electron chi connectivity index (χ1n) is 9.68. The number of nitrogens with one attached hydrogen (secondary N) is 2. The molecular formula is C20H32F3IN4O. The van der Waals surface area contributed by atoms with Crippen LogP contribution in [0.4, 0.5) is 13.2 Å². The van der Waals surface area contributed by atoms with Gasteiger partial charge in [-0.05, 0) is 37.0 Å². The van der Waals surface area contributed by atoms with E-state index in [1.54, 1.807) is 7.05 Å². The molecule has 2 rings (SSSR count). The molecule has 0 amide bonds. The van der Waals surface area contributed by atoms with Crippen LogP contribution in [0.15, 0.2) is 29.3 Å². The number of guanidine groups is 1. The van der Waals surface area contributed by atoms with Crippen molar-refractivity contribution in [1.82, 2.24) is 15.5 Å². The maximum Gasteiger partial charge on any atom is 0.401 e. The van der Waals surface area contributed by atoms with Crippen LogP contribution in [0.1, 0.15) is 38.8 Å². The van der Waals surface area contributed by atoms with Crippen LogP contribution in [0, 0.1) is 5.92 Å². The molecule has 166 valence electrons. The molecule has 9 heteroatoms. The van der Waals surface area contributed by atoms with Crippen LogP contribution in [-0.4, -0.2) is 56.4 Å². The standard InChI is InChI=1S/C20H31F3N4O.HI/c1-14(2)12-28-18-7-5-16(6-8-18)15(3)25-19(24-4)26-17-9-10-27(11-17)13-20(21,22)23;/h5-8,14-15,17H,9-13H2,1-4H3,(H2,24,25,26);1H. The summed E-state index contributed by atoms with van der Waals surface area (Å²) in [6.07, 6.45) is -3.50. The predicted molar refractivity (Wildman–Crippen MR) is 121 cm³/mol. The Morgan fingerprint density at radius 3 is 2.45 bits per heavy atom. The topological polar surface area (TPSA) is 48.9 Å². The minimum Gasteiger partial charge on any atom is -0.493 e. The van der Waals surface area contributed by atoms with Crippen molar-refractivity contribution >= 4 is 29.9 Å². The van der Waals surface area contributed by atoms with Gasteiger partial charge in [0.15, 0.2) is 5.96 Å². The van der Waals surface area contributed by atoms with E-state index in [0.29, 0.717) is 38.0 Å². The average molecular weight is 528 g/mol. The Labute approximate surface area is 188 Å². The fourth-order valence-electron chi connectivity index (χ4n) is 3.12. The van der Waals surface area contributed by atoms with Gasteiger partial charge in [-0.3, -0.25) is 9.89 Å². The Morgan fingerprint density at radius 2 is 1.90 bits per heavy atom. The molecule has 1 aliphatic heterocycles. The number of likely N-dealkylation sites (tertiary alicyclic amines) is 1. The molecule has 2 unspecified atom stereocenters. The summed E-state index contributed by atoms with van der Waals surface area (Å²) >= 11 is 0. The van der Waals surface area contributed by atoms with Crippen molar-refractivity contribution in [1.29, 1.82) is 0 Å². The zero-order valence-electron chi connectivity index (χ0n) is 17.4. The summed E-state index contributed by atoms with van der Waals surface area (Å²) < 4.78 is 43.3. The lowest BCUT2D eigenvalue weighted by atomic mass is 10.1. The van der Waals surface area contributed by atoms with Gasteiger partial charge in [0, 0.05) is 26.2 Å². The molecule has 0 spiro atoms. The van der Waals surface area contributed by atoms with Gasteiger partial charge in [0.2, 0.25) is 0 Å². The Bertz CT molecular complexity index is 638. The number of rotatable bonds is 7. The number of aliphatic imine (C=N–C) groups is 1. The second-order valence-electron chi connectivity index (χ2n) is 7.69. The molecule has 0 bridgehead atoms. The number of alkyl halides is 3. The molecule has 1 saturated heterocycles. The van der Waals surface area contributed by atoms with Gasteiger partial charge in [0.05, 0.1) is 19.2 Å². The molecule has 5 nitrogen and oxygen atoms in total. The highest BCUT2D eigenvalue weighted by Gasteiger charge is 2.34. The first-order chi connectivity index (χ1) is 13.2. The molecule has 1 aliphatic rings. The van der Waals surface area contributed by atoms with E-state index in [1.165, 1.54) is 4.90 Å². The Hall–Kier alpha value is -1.23. The van der Waals surface area contributed by atoms with Gasteiger partial charge in [-0.2, -0.15) is 13.2 Å². The zero-order valence-corrected chi connectivity index (χ0v) is 19.8. The van der Waals surface area contributed by atoms with Gasteiger partial charge in [-0.15, -0.1) is 24.0 Å². The fraction of sp³-hybridized carbons (Fsp3) is 0.650. The van der Waals surface area contributed by atoms with Crippen LogP contribution in [-0.2, 0) is 0 Å². The summed E-state index contributed by atoms with van der Waals surface area (Å²) in [5, 5.41) is 6.53. The molecule has 1 aromatic carbocycles. The first kappa shape index (κ1) is 25.8. The number of hydrogen-bond acceptors (Lipinski definition) is 3. The van der Waals surface area contributed by atoms with Gasteiger partial charge in [0.25, 0.3) is 0 Å². The minimum absolute atomic E-state index is 0. The summed E-state index contributed by atoms with van der Waals surface area (Å²) in [5.74, 6) is 1.90. The van der Waals surface area contributed by atoms with E-state index in [-0.39, 0.29) is 36.1 Å². The van der Waals surface area contributed by atoms with Crippen LogP contribution >= 0.6 is 24.0 Å². The molecule has 0 saturated carbocycles. The van der Waals surface area contributed by atoms with Gasteiger partial charge < -0.3 is 15.4 Å². The van der Waals surface area contributed by atoms with E-state index >= 15 is 0 Å². The number of ether oxygens (including phenoxy) is 1. The Kier molecular flexibility index (Phi) is 10.5. The minimum atomic E-state index is -4.16. The summed E-state index contributed by atoms with van der Waals surface area (Å²) in [7, 11) is 1.66. The first-order valence-corrected chi connectivity index (χ1v) is 9.68. The second-order valence-corrected chi connectivity index (χ2v) is 7.69. The number of nitrogens with zero attached hydrogens (tertiary/aromatic N) is 2. The normalized spacial score (nSPS) is 19.0. The lowest BCUT2D eigenvalue weighted by Crippen LogP contribution is -2.45. The van der Waals surface area contributed by atoms with Crippen molar-refractivity contribution in [2.45, 2.75) is 45.5 Å². The van der Waals surface area contributed by atoms with Gasteiger partial charge in [-0.25, -0.2) is 0 Å². The van der Waals surface area contributed by atoms with Crippen molar-refractivity contribution < 1.29 is 17.9 Å².